The predicted octanol–water partition coefficient (Wildman–Crippen LogP) is 5.54. The molecule has 1 aromatic rings. The van der Waals surface area contributed by atoms with Crippen molar-refractivity contribution in [2.75, 3.05) is 11.9 Å². The van der Waals surface area contributed by atoms with Crippen molar-refractivity contribution in [3.63, 3.8) is 0 Å². The number of rotatable bonds is 7. The van der Waals surface area contributed by atoms with Gasteiger partial charge < -0.3 is 9.47 Å². The second-order valence-corrected chi connectivity index (χ2v) is 7.95. The number of hydrogen-bond acceptors (Lipinski definition) is 2. The van der Waals surface area contributed by atoms with Crippen LogP contribution in [-0.2, 0) is 10.2 Å². The normalized spacial score (nSPS) is 14.0. The molecule has 0 aliphatic rings. The molecule has 0 spiro atoms. The first kappa shape index (κ1) is 18.5. The second-order valence-electron chi connectivity index (χ2n) is 7.30. The Morgan fingerprint density at radius 3 is 2.05 bits per heavy atom. The van der Waals surface area contributed by atoms with E-state index in [9.17, 15) is 0 Å². The lowest BCUT2D eigenvalue weighted by atomic mass is 9.72. The van der Waals surface area contributed by atoms with E-state index in [1.54, 1.807) is 0 Å². The van der Waals surface area contributed by atoms with Gasteiger partial charge in [0.2, 0.25) is 6.29 Å². The Balaban J connectivity index is 2.77. The Morgan fingerprint density at radius 2 is 1.62 bits per heavy atom. The van der Waals surface area contributed by atoms with Gasteiger partial charge in [-0.15, -0.1) is 0 Å². The predicted molar refractivity (Wildman–Crippen MR) is 93.4 cm³/mol. The maximum atomic E-state index is 5.80. The molecule has 0 radical (unpaired) electrons. The molecule has 3 heteroatoms. The summed E-state index contributed by atoms with van der Waals surface area (Å²) in [5.41, 5.74) is 1.82. The number of benzene rings is 1. The molecule has 0 amide bonds. The minimum absolute atomic E-state index is 0.158. The highest BCUT2D eigenvalue weighted by molar-refractivity contribution is 9.09. The zero-order valence-corrected chi connectivity index (χ0v) is 15.8. The molecule has 0 saturated carbocycles. The molecule has 0 aliphatic heterocycles. The van der Waals surface area contributed by atoms with Crippen LogP contribution in [0.5, 0.6) is 5.75 Å². The third-order valence-corrected chi connectivity index (χ3v) is 3.88. The van der Waals surface area contributed by atoms with Crippen molar-refractivity contribution >= 4 is 15.9 Å². The maximum absolute atomic E-state index is 5.80. The van der Waals surface area contributed by atoms with Crippen LogP contribution >= 0.6 is 15.9 Å². The van der Waals surface area contributed by atoms with Crippen LogP contribution in [0.2, 0.25) is 0 Å². The SMILES string of the molecule is CCOC(CBr)Oc1ccc(C(C)(C)CC(C)(C)C)cc1. The minimum atomic E-state index is -0.233. The van der Waals surface area contributed by atoms with E-state index in [1.165, 1.54) is 5.56 Å². The standard InChI is InChI=1S/C18H29BrO2/c1-7-20-16(12-19)21-15-10-8-14(9-11-15)18(5,6)13-17(2,3)4/h8-11,16H,7,12-13H2,1-6H3. The van der Waals surface area contributed by atoms with E-state index in [1.807, 2.05) is 19.1 Å². The summed E-state index contributed by atoms with van der Waals surface area (Å²) >= 11 is 3.40. The molecule has 21 heavy (non-hydrogen) atoms. The fourth-order valence-electron chi connectivity index (χ4n) is 2.86. The quantitative estimate of drug-likeness (QED) is 0.471. The van der Waals surface area contributed by atoms with Crippen LogP contribution in [0.15, 0.2) is 24.3 Å². The molecule has 0 fully saturated rings. The zero-order valence-electron chi connectivity index (χ0n) is 14.2. The van der Waals surface area contributed by atoms with Crippen LogP contribution in [-0.4, -0.2) is 18.2 Å². The number of halogens is 1. The van der Waals surface area contributed by atoms with E-state index in [-0.39, 0.29) is 11.7 Å². The summed E-state index contributed by atoms with van der Waals surface area (Å²) in [5.74, 6) is 0.850. The number of alkyl halides is 1. The van der Waals surface area contributed by atoms with E-state index in [4.69, 9.17) is 9.47 Å². The molecule has 1 rings (SSSR count). The Labute approximate surface area is 138 Å². The monoisotopic (exact) mass is 356 g/mol. The van der Waals surface area contributed by atoms with Gasteiger partial charge >= 0.3 is 0 Å². The summed E-state index contributed by atoms with van der Waals surface area (Å²) in [5, 5.41) is 0.665. The Bertz CT molecular complexity index is 418. The Morgan fingerprint density at radius 1 is 1.05 bits per heavy atom. The topological polar surface area (TPSA) is 18.5 Å². The zero-order chi connectivity index (χ0) is 16.1. The summed E-state index contributed by atoms with van der Waals surface area (Å²) in [7, 11) is 0. The van der Waals surface area contributed by atoms with E-state index < -0.39 is 0 Å². The van der Waals surface area contributed by atoms with Crippen LogP contribution in [0.25, 0.3) is 0 Å². The fourth-order valence-corrected chi connectivity index (χ4v) is 3.18. The van der Waals surface area contributed by atoms with E-state index in [0.717, 1.165) is 12.2 Å². The average molecular weight is 357 g/mol. The third-order valence-electron chi connectivity index (χ3n) is 3.35. The molecule has 1 atom stereocenters. The molecular formula is C18H29BrO2. The number of ether oxygens (including phenoxy) is 2. The molecule has 0 N–H and O–H groups in total. The van der Waals surface area contributed by atoms with E-state index >= 15 is 0 Å². The molecule has 0 saturated heterocycles. The lowest BCUT2D eigenvalue weighted by Gasteiger charge is -2.33. The van der Waals surface area contributed by atoms with Crippen LogP contribution in [0, 0.1) is 5.41 Å². The molecule has 1 unspecified atom stereocenters. The van der Waals surface area contributed by atoms with Crippen molar-refractivity contribution in [2.24, 2.45) is 5.41 Å². The molecule has 0 aromatic heterocycles. The fraction of sp³-hybridized carbons (Fsp3) is 0.667. The summed E-state index contributed by atoms with van der Waals surface area (Å²) in [6.07, 6.45) is 0.909. The van der Waals surface area contributed by atoms with Gasteiger partial charge in [-0.3, -0.25) is 0 Å². The van der Waals surface area contributed by atoms with Crippen molar-refractivity contribution in [3.05, 3.63) is 29.8 Å². The lowest BCUT2D eigenvalue weighted by Crippen LogP contribution is -2.25. The maximum Gasteiger partial charge on any atom is 0.209 e. The molecule has 0 heterocycles. The van der Waals surface area contributed by atoms with Crippen LogP contribution in [0.1, 0.15) is 53.5 Å². The summed E-state index contributed by atoms with van der Waals surface area (Å²) in [6, 6.07) is 8.40. The summed E-state index contributed by atoms with van der Waals surface area (Å²) in [4.78, 5) is 0. The molecular weight excluding hydrogens is 328 g/mol. The van der Waals surface area contributed by atoms with Gasteiger partial charge in [-0.2, -0.15) is 0 Å². The van der Waals surface area contributed by atoms with Crippen molar-refractivity contribution in [2.45, 2.75) is 59.7 Å². The highest BCUT2D eigenvalue weighted by Crippen LogP contribution is 2.36. The molecule has 1 aromatic carbocycles. The Hall–Kier alpha value is -0.540. The highest BCUT2D eigenvalue weighted by atomic mass is 79.9. The third kappa shape index (κ3) is 6.39. The largest absolute Gasteiger partial charge is 0.464 e. The van der Waals surface area contributed by atoms with Crippen molar-refractivity contribution < 1.29 is 9.47 Å². The van der Waals surface area contributed by atoms with Crippen LogP contribution in [0.4, 0.5) is 0 Å². The average Bonchev–Trinajstić information content (AvgIpc) is 2.36. The summed E-state index contributed by atoms with van der Waals surface area (Å²) < 4.78 is 11.3. The molecule has 120 valence electrons. The van der Waals surface area contributed by atoms with Gasteiger partial charge in [-0.05, 0) is 41.9 Å². The van der Waals surface area contributed by atoms with Gasteiger partial charge in [-0.25, -0.2) is 0 Å². The Kier molecular flexibility index (Phi) is 6.73. The van der Waals surface area contributed by atoms with Crippen LogP contribution < -0.4 is 4.74 Å². The lowest BCUT2D eigenvalue weighted by molar-refractivity contribution is -0.0569. The second kappa shape index (κ2) is 7.64. The highest BCUT2D eigenvalue weighted by Gasteiger charge is 2.27. The smallest absolute Gasteiger partial charge is 0.209 e. The molecule has 2 nitrogen and oxygen atoms in total. The van der Waals surface area contributed by atoms with Gasteiger partial charge in [0.05, 0.1) is 5.33 Å². The van der Waals surface area contributed by atoms with Crippen molar-refractivity contribution in [3.8, 4) is 5.75 Å². The van der Waals surface area contributed by atoms with Crippen molar-refractivity contribution in [1.82, 2.24) is 0 Å². The first-order valence-electron chi connectivity index (χ1n) is 7.63. The molecule has 0 bridgehead atoms. The summed E-state index contributed by atoms with van der Waals surface area (Å²) in [6.45, 7) is 14.1. The van der Waals surface area contributed by atoms with Gasteiger partial charge in [0, 0.05) is 6.61 Å². The first-order chi connectivity index (χ1) is 9.68. The first-order valence-corrected chi connectivity index (χ1v) is 8.75. The van der Waals surface area contributed by atoms with Gasteiger partial charge in [0.1, 0.15) is 5.75 Å². The van der Waals surface area contributed by atoms with Gasteiger partial charge in [0.25, 0.3) is 0 Å². The van der Waals surface area contributed by atoms with Crippen molar-refractivity contribution in [1.29, 1.82) is 0 Å². The van der Waals surface area contributed by atoms with Gasteiger partial charge in [-0.1, -0.05) is 62.7 Å². The van der Waals surface area contributed by atoms with E-state index in [2.05, 4.69) is 62.7 Å². The molecule has 0 aliphatic carbocycles. The van der Waals surface area contributed by atoms with Gasteiger partial charge in [0.15, 0.2) is 0 Å². The van der Waals surface area contributed by atoms with Crippen LogP contribution in [0.3, 0.4) is 0 Å². The minimum Gasteiger partial charge on any atom is -0.464 e. The number of hydrogen-bond donors (Lipinski definition) is 0. The van der Waals surface area contributed by atoms with E-state index in [0.29, 0.717) is 17.4 Å².